The molecule has 2 fully saturated rings. The van der Waals surface area contributed by atoms with Gasteiger partial charge in [0.25, 0.3) is 5.91 Å². The first-order valence-electron chi connectivity index (χ1n) is 10.0. The molecule has 2 amide bonds. The largest absolute Gasteiger partial charge is 0.383 e. The van der Waals surface area contributed by atoms with Crippen LogP contribution in [0, 0.1) is 12.8 Å². The van der Waals surface area contributed by atoms with Crippen LogP contribution in [0.4, 0.5) is 5.69 Å². The first-order chi connectivity index (χ1) is 13.1. The molecule has 2 aliphatic rings. The van der Waals surface area contributed by atoms with Gasteiger partial charge in [-0.3, -0.25) is 9.59 Å². The molecule has 0 saturated carbocycles. The van der Waals surface area contributed by atoms with Gasteiger partial charge in [-0.05, 0) is 69.5 Å². The summed E-state index contributed by atoms with van der Waals surface area (Å²) in [4.78, 5) is 29.4. The molecule has 1 aromatic rings. The van der Waals surface area contributed by atoms with Crippen molar-refractivity contribution in [1.82, 2.24) is 9.80 Å². The lowest BCUT2D eigenvalue weighted by atomic mass is 9.95. The highest BCUT2D eigenvalue weighted by Gasteiger charge is 2.25. The summed E-state index contributed by atoms with van der Waals surface area (Å²) in [6.45, 7) is 7.17. The van der Waals surface area contributed by atoms with Crippen LogP contribution in [0.1, 0.15) is 41.6 Å². The van der Waals surface area contributed by atoms with Crippen molar-refractivity contribution in [1.29, 1.82) is 0 Å². The number of piperidine rings is 1. The molecule has 1 aromatic carbocycles. The van der Waals surface area contributed by atoms with Gasteiger partial charge in [0.1, 0.15) is 0 Å². The number of ether oxygens (including phenoxy) is 1. The van der Waals surface area contributed by atoms with Crippen LogP contribution < -0.4 is 5.32 Å². The van der Waals surface area contributed by atoms with Crippen LogP contribution in [-0.2, 0) is 9.53 Å². The third kappa shape index (κ3) is 5.08. The van der Waals surface area contributed by atoms with E-state index in [9.17, 15) is 9.59 Å². The fraction of sp³-hybridized carbons (Fsp3) is 0.619. The first kappa shape index (κ1) is 19.8. The highest BCUT2D eigenvalue weighted by molar-refractivity contribution is 5.97. The van der Waals surface area contributed by atoms with Crippen LogP contribution >= 0.6 is 0 Å². The van der Waals surface area contributed by atoms with Gasteiger partial charge in [-0.1, -0.05) is 0 Å². The van der Waals surface area contributed by atoms with Gasteiger partial charge in [-0.15, -0.1) is 0 Å². The molecule has 0 unspecified atom stereocenters. The molecule has 2 heterocycles. The van der Waals surface area contributed by atoms with E-state index in [1.165, 1.54) is 0 Å². The highest BCUT2D eigenvalue weighted by atomic mass is 16.5. The lowest BCUT2D eigenvalue weighted by Crippen LogP contribution is -2.39. The number of aryl methyl sites for hydroxylation is 1. The molecule has 1 N–H and O–H groups in total. The molecule has 3 rings (SSSR count). The smallest absolute Gasteiger partial charge is 0.253 e. The molecule has 0 spiro atoms. The molecule has 0 bridgehead atoms. The molecule has 0 aromatic heterocycles. The molecule has 2 aliphatic heterocycles. The SMILES string of the molecule is COCCN1CCC(C(=O)Nc2ccc(C(=O)N3CCCC3)cc2C)CC1. The van der Waals surface area contributed by atoms with E-state index in [4.69, 9.17) is 4.74 Å². The Morgan fingerprint density at radius 2 is 1.85 bits per heavy atom. The van der Waals surface area contributed by atoms with Crippen molar-refractivity contribution in [3.63, 3.8) is 0 Å². The van der Waals surface area contributed by atoms with E-state index in [1.54, 1.807) is 7.11 Å². The van der Waals surface area contributed by atoms with Crippen molar-refractivity contribution in [3.05, 3.63) is 29.3 Å². The van der Waals surface area contributed by atoms with E-state index >= 15 is 0 Å². The summed E-state index contributed by atoms with van der Waals surface area (Å²) >= 11 is 0. The second kappa shape index (κ2) is 9.33. The van der Waals surface area contributed by atoms with Crippen LogP contribution in [0.3, 0.4) is 0 Å². The van der Waals surface area contributed by atoms with E-state index in [0.717, 1.165) is 76.3 Å². The van der Waals surface area contributed by atoms with Crippen LogP contribution in [0.5, 0.6) is 0 Å². The molecule has 148 valence electrons. The lowest BCUT2D eigenvalue weighted by Gasteiger charge is -2.31. The minimum absolute atomic E-state index is 0.0501. The van der Waals surface area contributed by atoms with Crippen molar-refractivity contribution in [2.75, 3.05) is 51.8 Å². The van der Waals surface area contributed by atoms with Crippen molar-refractivity contribution >= 4 is 17.5 Å². The highest BCUT2D eigenvalue weighted by Crippen LogP contribution is 2.23. The third-order valence-corrected chi connectivity index (χ3v) is 5.69. The Balaban J connectivity index is 1.54. The fourth-order valence-electron chi connectivity index (χ4n) is 3.91. The number of likely N-dealkylation sites (tertiary alicyclic amines) is 2. The van der Waals surface area contributed by atoms with Crippen molar-refractivity contribution in [2.24, 2.45) is 5.92 Å². The maximum Gasteiger partial charge on any atom is 0.253 e. The van der Waals surface area contributed by atoms with Gasteiger partial charge in [0.15, 0.2) is 0 Å². The zero-order chi connectivity index (χ0) is 19.2. The predicted molar refractivity (Wildman–Crippen MR) is 106 cm³/mol. The Hall–Kier alpha value is -1.92. The van der Waals surface area contributed by atoms with Gasteiger partial charge >= 0.3 is 0 Å². The summed E-state index contributed by atoms with van der Waals surface area (Å²) in [6, 6.07) is 5.59. The Kier molecular flexibility index (Phi) is 6.85. The Morgan fingerprint density at radius 3 is 2.48 bits per heavy atom. The number of anilines is 1. The maximum atomic E-state index is 12.6. The minimum atomic E-state index is 0.0501. The molecule has 2 saturated heterocycles. The summed E-state index contributed by atoms with van der Waals surface area (Å²) in [5, 5.41) is 3.07. The van der Waals surface area contributed by atoms with Gasteiger partial charge < -0.3 is 19.9 Å². The van der Waals surface area contributed by atoms with Crippen LogP contribution in [0.15, 0.2) is 18.2 Å². The normalized spacial score (nSPS) is 18.7. The van der Waals surface area contributed by atoms with Crippen molar-refractivity contribution in [2.45, 2.75) is 32.6 Å². The minimum Gasteiger partial charge on any atom is -0.383 e. The summed E-state index contributed by atoms with van der Waals surface area (Å²) < 4.78 is 5.12. The number of methoxy groups -OCH3 is 1. The number of benzene rings is 1. The van der Waals surface area contributed by atoms with E-state index in [1.807, 2.05) is 30.0 Å². The van der Waals surface area contributed by atoms with Gasteiger partial charge in [-0.2, -0.15) is 0 Å². The standard InChI is InChI=1S/C21H31N3O3/c1-16-15-18(21(26)24-9-3-4-10-24)5-6-19(16)22-20(25)17-7-11-23(12-8-17)13-14-27-2/h5-6,15,17H,3-4,7-14H2,1-2H3,(H,22,25). The Bertz CT molecular complexity index is 663. The monoisotopic (exact) mass is 373 g/mol. The van der Waals surface area contributed by atoms with Crippen molar-refractivity contribution in [3.8, 4) is 0 Å². The second-order valence-corrected chi connectivity index (χ2v) is 7.63. The zero-order valence-electron chi connectivity index (χ0n) is 16.5. The predicted octanol–water partition coefficient (Wildman–Crippen LogP) is 2.53. The quantitative estimate of drug-likeness (QED) is 0.832. The maximum absolute atomic E-state index is 12.6. The second-order valence-electron chi connectivity index (χ2n) is 7.63. The average molecular weight is 373 g/mol. The van der Waals surface area contributed by atoms with Gasteiger partial charge in [0.2, 0.25) is 5.91 Å². The number of amides is 2. The fourth-order valence-corrected chi connectivity index (χ4v) is 3.91. The van der Waals surface area contributed by atoms with Crippen LogP contribution in [0.2, 0.25) is 0 Å². The number of hydrogen-bond donors (Lipinski definition) is 1. The summed E-state index contributed by atoms with van der Waals surface area (Å²) in [5.74, 6) is 0.231. The first-order valence-corrected chi connectivity index (χ1v) is 10.0. The van der Waals surface area contributed by atoms with E-state index < -0.39 is 0 Å². The number of nitrogens with one attached hydrogen (secondary N) is 1. The van der Waals surface area contributed by atoms with E-state index in [-0.39, 0.29) is 17.7 Å². The molecular formula is C21H31N3O3. The Labute approximate surface area is 161 Å². The van der Waals surface area contributed by atoms with E-state index in [2.05, 4.69) is 10.2 Å². The molecule has 6 heteroatoms. The molecule has 27 heavy (non-hydrogen) atoms. The van der Waals surface area contributed by atoms with Gasteiger partial charge in [0, 0.05) is 43.9 Å². The van der Waals surface area contributed by atoms with E-state index in [0.29, 0.717) is 5.56 Å². The van der Waals surface area contributed by atoms with Gasteiger partial charge in [0.05, 0.1) is 6.61 Å². The van der Waals surface area contributed by atoms with Crippen LogP contribution in [-0.4, -0.2) is 68.1 Å². The van der Waals surface area contributed by atoms with Gasteiger partial charge in [-0.25, -0.2) is 0 Å². The molecule has 0 radical (unpaired) electrons. The summed E-state index contributed by atoms with van der Waals surface area (Å²) in [7, 11) is 1.71. The number of carbonyl (C=O) groups is 2. The Morgan fingerprint density at radius 1 is 1.15 bits per heavy atom. The summed E-state index contributed by atoms with van der Waals surface area (Å²) in [5.41, 5.74) is 2.45. The number of rotatable bonds is 6. The molecular weight excluding hydrogens is 342 g/mol. The lowest BCUT2D eigenvalue weighted by molar-refractivity contribution is -0.121. The average Bonchev–Trinajstić information content (AvgIpc) is 3.22. The molecule has 0 aliphatic carbocycles. The third-order valence-electron chi connectivity index (χ3n) is 5.69. The zero-order valence-corrected chi connectivity index (χ0v) is 16.5. The number of carbonyl (C=O) groups excluding carboxylic acids is 2. The topological polar surface area (TPSA) is 61.9 Å². The summed E-state index contributed by atoms with van der Waals surface area (Å²) in [6.07, 6.45) is 3.92. The van der Waals surface area contributed by atoms with Crippen LogP contribution in [0.25, 0.3) is 0 Å². The van der Waals surface area contributed by atoms with Crippen molar-refractivity contribution < 1.29 is 14.3 Å². The molecule has 0 atom stereocenters. The number of hydrogen-bond acceptors (Lipinski definition) is 4. The molecule has 6 nitrogen and oxygen atoms in total. The number of nitrogens with zero attached hydrogens (tertiary/aromatic N) is 2.